The normalized spacial score (nSPS) is 11.0. The molecule has 1 aromatic heterocycles. The number of nitrogens with one attached hydrogen (secondary N) is 2. The van der Waals surface area contributed by atoms with Crippen LogP contribution in [0.4, 0.5) is 17.3 Å². The molecule has 8 nitrogen and oxygen atoms in total. The number of rotatable bonds is 5. The average Bonchev–Trinajstić information content (AvgIpc) is 2.99. The Morgan fingerprint density at radius 1 is 1.23 bits per heavy atom. The van der Waals surface area contributed by atoms with E-state index < -0.39 is 5.91 Å². The van der Waals surface area contributed by atoms with Gasteiger partial charge < -0.3 is 21.3 Å². The van der Waals surface area contributed by atoms with Gasteiger partial charge in [0.05, 0.1) is 0 Å². The predicted molar refractivity (Wildman–Crippen MR) is 98.9 cm³/mol. The summed E-state index contributed by atoms with van der Waals surface area (Å²) in [6, 6.07) is 10.9. The number of carbonyl (C=O) groups excluding carboxylic acids is 1. The van der Waals surface area contributed by atoms with Crippen LogP contribution >= 0.6 is 11.6 Å². The minimum Gasteiger partial charge on any atom is -0.508 e. The van der Waals surface area contributed by atoms with Crippen molar-refractivity contribution in [3.63, 3.8) is 0 Å². The summed E-state index contributed by atoms with van der Waals surface area (Å²) in [6.07, 6.45) is 1.32. The molecule has 26 heavy (non-hydrogen) atoms. The molecule has 0 saturated heterocycles. The van der Waals surface area contributed by atoms with Gasteiger partial charge in [-0.05, 0) is 36.4 Å². The highest BCUT2D eigenvalue weighted by Gasteiger charge is 2.18. The number of phenolic OH excluding ortho intramolecular Hbond substituents is 2. The Hall–Kier alpha value is -3.52. The van der Waals surface area contributed by atoms with Gasteiger partial charge in [-0.1, -0.05) is 11.6 Å². The van der Waals surface area contributed by atoms with Crippen molar-refractivity contribution in [3.05, 3.63) is 58.6 Å². The summed E-state index contributed by atoms with van der Waals surface area (Å²) in [5.41, 5.74) is 6.51. The van der Waals surface area contributed by atoms with Crippen LogP contribution in [0.5, 0.6) is 11.5 Å². The monoisotopic (exact) mass is 371 g/mol. The smallest absolute Gasteiger partial charge is 0.256 e. The molecule has 0 aliphatic heterocycles. The molecule has 0 aliphatic carbocycles. The molecule has 132 valence electrons. The van der Waals surface area contributed by atoms with Crippen LogP contribution in [0.15, 0.2) is 47.5 Å². The van der Waals surface area contributed by atoms with Crippen molar-refractivity contribution < 1.29 is 15.0 Å². The van der Waals surface area contributed by atoms with E-state index in [9.17, 15) is 15.0 Å². The van der Waals surface area contributed by atoms with Gasteiger partial charge in [-0.15, -0.1) is 0 Å². The summed E-state index contributed by atoms with van der Waals surface area (Å²) < 4.78 is 0. The van der Waals surface area contributed by atoms with Gasteiger partial charge in [0.1, 0.15) is 17.1 Å². The quantitative estimate of drug-likeness (QED) is 0.439. The highest BCUT2D eigenvalue weighted by molar-refractivity contribution is 6.30. The Bertz CT molecular complexity index is 983. The molecule has 2 aromatic carbocycles. The topological polar surface area (TPSA) is 137 Å². The van der Waals surface area contributed by atoms with Gasteiger partial charge in [-0.3, -0.25) is 9.89 Å². The van der Waals surface area contributed by atoms with Gasteiger partial charge in [0, 0.05) is 28.6 Å². The second-order valence-corrected chi connectivity index (χ2v) is 5.73. The van der Waals surface area contributed by atoms with Crippen LogP contribution in [-0.2, 0) is 0 Å². The zero-order valence-corrected chi connectivity index (χ0v) is 14.0. The van der Waals surface area contributed by atoms with Crippen LogP contribution in [0.3, 0.4) is 0 Å². The largest absolute Gasteiger partial charge is 0.508 e. The molecule has 3 rings (SSSR count). The molecule has 0 spiro atoms. The first-order chi connectivity index (χ1) is 12.4. The van der Waals surface area contributed by atoms with E-state index in [4.69, 9.17) is 17.3 Å². The van der Waals surface area contributed by atoms with E-state index in [1.807, 2.05) is 0 Å². The zero-order valence-electron chi connectivity index (χ0n) is 13.3. The highest BCUT2D eigenvalue weighted by Crippen LogP contribution is 2.27. The van der Waals surface area contributed by atoms with Crippen LogP contribution in [0.2, 0.25) is 5.02 Å². The second-order valence-electron chi connectivity index (χ2n) is 5.29. The third-order valence-electron chi connectivity index (χ3n) is 3.45. The molecule has 0 bridgehead atoms. The fourth-order valence-electron chi connectivity index (χ4n) is 2.20. The first-order valence-corrected chi connectivity index (χ1v) is 7.78. The molecule has 0 fully saturated rings. The molecule has 0 atom stereocenters. The summed E-state index contributed by atoms with van der Waals surface area (Å²) in [5.74, 6) is -0.623. The number of aromatic hydroxyl groups is 2. The van der Waals surface area contributed by atoms with Crippen molar-refractivity contribution in [2.24, 2.45) is 10.7 Å². The van der Waals surface area contributed by atoms with E-state index in [1.54, 1.807) is 24.3 Å². The number of amides is 1. The van der Waals surface area contributed by atoms with Crippen molar-refractivity contribution in [2.45, 2.75) is 0 Å². The Morgan fingerprint density at radius 3 is 2.62 bits per heavy atom. The fraction of sp³-hybridized carbons (Fsp3) is 0. The molecule has 0 radical (unpaired) electrons. The summed E-state index contributed by atoms with van der Waals surface area (Å²) in [7, 11) is 0. The molecule has 9 heteroatoms. The van der Waals surface area contributed by atoms with Gasteiger partial charge in [0.2, 0.25) is 0 Å². The summed E-state index contributed by atoms with van der Waals surface area (Å²) in [5, 5.41) is 29.3. The summed E-state index contributed by atoms with van der Waals surface area (Å²) >= 11 is 5.84. The Labute approximate surface area is 153 Å². The van der Waals surface area contributed by atoms with E-state index in [1.165, 1.54) is 24.4 Å². The number of carbonyl (C=O) groups is 1. The number of aromatic amines is 1. The van der Waals surface area contributed by atoms with Crippen molar-refractivity contribution in [3.8, 4) is 11.5 Å². The van der Waals surface area contributed by atoms with Gasteiger partial charge >= 0.3 is 0 Å². The van der Waals surface area contributed by atoms with Crippen LogP contribution in [0.25, 0.3) is 0 Å². The van der Waals surface area contributed by atoms with E-state index in [0.29, 0.717) is 16.3 Å². The molecule has 1 amide bonds. The number of phenols is 2. The van der Waals surface area contributed by atoms with E-state index in [-0.39, 0.29) is 28.7 Å². The molecule has 0 saturated carbocycles. The van der Waals surface area contributed by atoms with E-state index in [2.05, 4.69) is 20.5 Å². The number of benzene rings is 2. The number of aliphatic imine (C=N–C) groups is 1. The van der Waals surface area contributed by atoms with Gasteiger partial charge in [-0.25, -0.2) is 4.99 Å². The van der Waals surface area contributed by atoms with Gasteiger partial charge in [-0.2, -0.15) is 5.10 Å². The minimum atomic E-state index is -0.725. The second kappa shape index (κ2) is 7.16. The molecular formula is C17H14ClN5O3. The number of nitrogens with zero attached hydrogens (tertiary/aromatic N) is 2. The van der Waals surface area contributed by atoms with Crippen LogP contribution in [0.1, 0.15) is 15.9 Å². The lowest BCUT2D eigenvalue weighted by atomic mass is 10.2. The molecule has 0 unspecified atom stereocenters. The number of hydrogen-bond donors (Lipinski definition) is 5. The number of halogens is 1. The minimum absolute atomic E-state index is 0.0643. The summed E-state index contributed by atoms with van der Waals surface area (Å²) in [4.78, 5) is 15.9. The standard InChI is InChI=1S/C17H14ClN5O3/c18-10-2-4-11(5-3-10)21-17-14(15(19)26)16(22-23-17)20-8-9-1-6-12(24)7-13(9)25/h1-8,24-25H,(H2,19,26)(H2,21,22,23)/b20-8+. The maximum Gasteiger partial charge on any atom is 0.256 e. The van der Waals surface area contributed by atoms with Crippen LogP contribution in [0, 0.1) is 0 Å². The van der Waals surface area contributed by atoms with E-state index in [0.717, 1.165) is 0 Å². The lowest BCUT2D eigenvalue weighted by Gasteiger charge is -2.04. The lowest BCUT2D eigenvalue weighted by Crippen LogP contribution is -2.12. The zero-order chi connectivity index (χ0) is 18.7. The van der Waals surface area contributed by atoms with Crippen molar-refractivity contribution in [1.82, 2.24) is 10.2 Å². The number of H-pyrrole nitrogens is 1. The Morgan fingerprint density at radius 2 is 1.96 bits per heavy atom. The molecule has 3 aromatic rings. The molecule has 1 heterocycles. The molecule has 6 N–H and O–H groups in total. The predicted octanol–water partition coefficient (Wildman–Crippen LogP) is 3.07. The van der Waals surface area contributed by atoms with Crippen molar-refractivity contribution in [2.75, 3.05) is 5.32 Å². The maximum atomic E-state index is 11.8. The van der Waals surface area contributed by atoms with Gasteiger partial charge in [0.25, 0.3) is 5.91 Å². The molecule has 0 aliphatic rings. The highest BCUT2D eigenvalue weighted by atomic mass is 35.5. The first-order valence-electron chi connectivity index (χ1n) is 7.41. The number of anilines is 2. The van der Waals surface area contributed by atoms with Gasteiger partial charge in [0.15, 0.2) is 11.6 Å². The Kier molecular flexibility index (Phi) is 4.76. The average molecular weight is 372 g/mol. The lowest BCUT2D eigenvalue weighted by molar-refractivity contribution is 0.100. The van der Waals surface area contributed by atoms with Crippen molar-refractivity contribution in [1.29, 1.82) is 0 Å². The van der Waals surface area contributed by atoms with Crippen molar-refractivity contribution >= 4 is 41.0 Å². The molecular weight excluding hydrogens is 358 g/mol. The number of nitrogens with two attached hydrogens (primary N) is 1. The number of primary amides is 1. The number of hydrogen-bond acceptors (Lipinski definition) is 6. The SMILES string of the molecule is NC(=O)c1c(Nc2ccc(Cl)cc2)n[nH]c1/N=C/c1ccc(O)cc1O. The van der Waals surface area contributed by atoms with Crippen LogP contribution in [-0.4, -0.2) is 32.5 Å². The third-order valence-corrected chi connectivity index (χ3v) is 3.70. The first kappa shape index (κ1) is 17.3. The summed E-state index contributed by atoms with van der Waals surface area (Å²) in [6.45, 7) is 0. The maximum absolute atomic E-state index is 11.8. The number of aromatic nitrogens is 2. The Balaban J connectivity index is 1.90. The van der Waals surface area contributed by atoms with E-state index >= 15 is 0 Å². The van der Waals surface area contributed by atoms with Crippen LogP contribution < -0.4 is 11.1 Å². The third kappa shape index (κ3) is 3.76. The fourth-order valence-corrected chi connectivity index (χ4v) is 2.32.